The van der Waals surface area contributed by atoms with Gasteiger partial charge < -0.3 is 14.6 Å². The Labute approximate surface area is 132 Å². The van der Waals surface area contributed by atoms with Crippen LogP contribution in [0.15, 0.2) is 10.7 Å². The summed E-state index contributed by atoms with van der Waals surface area (Å²) in [7, 11) is 0. The molecule has 1 aromatic heterocycles. The molecule has 1 fully saturated rings. The van der Waals surface area contributed by atoms with Crippen LogP contribution in [0.3, 0.4) is 0 Å². The molecule has 124 valence electrons. The van der Waals surface area contributed by atoms with Crippen molar-refractivity contribution in [3.63, 3.8) is 0 Å². The number of aromatic nitrogens is 2. The van der Waals surface area contributed by atoms with Gasteiger partial charge in [-0.3, -0.25) is 4.90 Å². The van der Waals surface area contributed by atoms with Gasteiger partial charge in [0, 0.05) is 19.1 Å². The zero-order chi connectivity index (χ0) is 16.5. The molecule has 0 unspecified atom stereocenters. The van der Waals surface area contributed by atoms with Gasteiger partial charge in [0.1, 0.15) is 11.4 Å². The van der Waals surface area contributed by atoms with Crippen LogP contribution >= 0.6 is 0 Å². The van der Waals surface area contributed by atoms with Gasteiger partial charge in [0.2, 0.25) is 5.27 Å². The lowest BCUT2D eigenvalue weighted by Crippen LogP contribution is -2.74. The van der Waals surface area contributed by atoms with Crippen LogP contribution in [0.25, 0.3) is 5.32 Å². The predicted octanol–water partition coefficient (Wildman–Crippen LogP) is 1.59. The van der Waals surface area contributed by atoms with E-state index >= 15 is 0 Å². The van der Waals surface area contributed by atoms with E-state index in [9.17, 15) is 4.79 Å². The summed E-state index contributed by atoms with van der Waals surface area (Å²) in [6, 6.07) is 0.526. The first-order valence-electron chi connectivity index (χ1n) is 7.87. The number of rotatable bonds is 4. The molecule has 0 radical (unpaired) electrons. The Morgan fingerprint density at radius 2 is 2.05 bits per heavy atom. The molecule has 1 aromatic rings. The van der Waals surface area contributed by atoms with Gasteiger partial charge in [-0.2, -0.15) is 0 Å². The van der Waals surface area contributed by atoms with Crippen LogP contribution in [0.5, 0.6) is 0 Å². The van der Waals surface area contributed by atoms with Gasteiger partial charge in [0.25, 0.3) is 6.20 Å². The number of amides is 1. The minimum absolute atomic E-state index is 0.0800. The fourth-order valence-corrected chi connectivity index (χ4v) is 2.63. The van der Waals surface area contributed by atoms with Crippen molar-refractivity contribution in [2.45, 2.75) is 53.1 Å². The zero-order valence-corrected chi connectivity index (χ0v) is 14.4. The summed E-state index contributed by atoms with van der Waals surface area (Å²) in [5.41, 5.74) is -0.0800. The van der Waals surface area contributed by atoms with Crippen LogP contribution in [0, 0.1) is 5.92 Å². The molecule has 1 saturated heterocycles. The van der Waals surface area contributed by atoms with E-state index < -0.39 is 0 Å². The Hall–Kier alpha value is -1.63. The third kappa shape index (κ3) is 3.58. The van der Waals surface area contributed by atoms with Crippen LogP contribution in [0.1, 0.15) is 41.5 Å². The maximum atomic E-state index is 11.7. The Bertz CT molecular complexity index is 524. The summed E-state index contributed by atoms with van der Waals surface area (Å²) >= 11 is 0. The third-order valence-electron chi connectivity index (χ3n) is 4.02. The number of carbonyl (C=O) groups excluding carboxylic acids is 1. The van der Waals surface area contributed by atoms with Gasteiger partial charge in [-0.25, -0.2) is 0 Å². The van der Waals surface area contributed by atoms with Crippen LogP contribution in [-0.4, -0.2) is 47.3 Å². The second-order valence-corrected chi connectivity index (χ2v) is 7.07. The molecular weight excluding hydrogens is 282 g/mol. The van der Waals surface area contributed by atoms with E-state index in [2.05, 4.69) is 48.2 Å². The molecule has 2 heterocycles. The van der Waals surface area contributed by atoms with Crippen LogP contribution < -0.4 is 9.80 Å². The van der Waals surface area contributed by atoms with Gasteiger partial charge >= 0.3 is 0 Å². The summed E-state index contributed by atoms with van der Waals surface area (Å²) < 4.78 is 5.18. The van der Waals surface area contributed by atoms with Crippen molar-refractivity contribution in [2.75, 3.05) is 24.6 Å². The van der Waals surface area contributed by atoms with Crippen molar-refractivity contribution in [1.29, 1.82) is 0 Å². The molecule has 2 rings (SSSR count). The number of hydrogen-bond donors (Lipinski definition) is 0. The first-order chi connectivity index (χ1) is 10.2. The second kappa shape index (κ2) is 6.24. The minimum atomic E-state index is -0.202. The van der Waals surface area contributed by atoms with E-state index in [1.807, 2.05) is 13.8 Å². The summed E-state index contributed by atoms with van der Waals surface area (Å²) in [5.74, 6) is -0.0995. The molecule has 0 aliphatic carbocycles. The fourth-order valence-electron chi connectivity index (χ4n) is 2.63. The molecule has 0 aromatic carbocycles. The SMILES string of the molecule is CC(C)C(=O)[N-]c1c[n+](N2CCN(C(C)C)CC2(C)C)no1. The number of hydrogen-bond acceptors (Lipinski definition) is 5. The van der Waals surface area contributed by atoms with E-state index in [4.69, 9.17) is 4.52 Å². The molecule has 7 heteroatoms. The van der Waals surface area contributed by atoms with Crippen LogP contribution in [-0.2, 0) is 4.79 Å². The highest BCUT2D eigenvalue weighted by Gasteiger charge is 2.41. The molecule has 22 heavy (non-hydrogen) atoms. The average Bonchev–Trinajstić information content (AvgIpc) is 2.85. The second-order valence-electron chi connectivity index (χ2n) is 7.07. The van der Waals surface area contributed by atoms with Gasteiger partial charge in [0.15, 0.2) is 0 Å². The van der Waals surface area contributed by atoms with Crippen molar-refractivity contribution < 1.29 is 14.1 Å². The normalized spacial score (nSPS) is 19.0. The molecule has 0 saturated carbocycles. The topological polar surface area (TPSA) is 67.6 Å². The predicted molar refractivity (Wildman–Crippen MR) is 83.4 cm³/mol. The fraction of sp³-hybridized carbons (Fsp3) is 0.800. The van der Waals surface area contributed by atoms with Crippen molar-refractivity contribution in [2.24, 2.45) is 5.92 Å². The van der Waals surface area contributed by atoms with E-state index in [0.717, 1.165) is 19.6 Å². The summed E-state index contributed by atoms with van der Waals surface area (Å²) in [4.78, 5) is 15.8. The highest BCUT2D eigenvalue weighted by atomic mass is 16.5. The number of nitrogens with zero attached hydrogens (tertiary/aromatic N) is 5. The van der Waals surface area contributed by atoms with Crippen molar-refractivity contribution in [1.82, 2.24) is 10.2 Å². The van der Waals surface area contributed by atoms with Gasteiger partial charge in [-0.05, 0) is 33.6 Å². The maximum Gasteiger partial charge on any atom is 0.257 e. The molecule has 0 spiro atoms. The maximum absolute atomic E-state index is 11.7. The summed E-state index contributed by atoms with van der Waals surface area (Å²) in [6.07, 6.45) is 1.67. The first-order valence-corrected chi connectivity index (χ1v) is 7.87. The molecular formula is C15H27N5O2. The van der Waals surface area contributed by atoms with Crippen molar-refractivity contribution in [3.05, 3.63) is 11.5 Å². The van der Waals surface area contributed by atoms with Crippen LogP contribution in [0.2, 0.25) is 0 Å². The average molecular weight is 309 g/mol. The number of piperazine rings is 1. The first kappa shape index (κ1) is 16.7. The molecule has 1 amide bonds. The highest BCUT2D eigenvalue weighted by Crippen LogP contribution is 2.21. The molecule has 1 aliphatic rings. The smallest absolute Gasteiger partial charge is 0.257 e. The van der Waals surface area contributed by atoms with Gasteiger partial charge in [-0.1, -0.05) is 13.8 Å². The molecule has 1 aliphatic heterocycles. The van der Waals surface area contributed by atoms with E-state index in [-0.39, 0.29) is 23.2 Å². The lowest BCUT2D eigenvalue weighted by Gasteiger charge is -2.43. The molecule has 0 bridgehead atoms. The van der Waals surface area contributed by atoms with Crippen molar-refractivity contribution in [3.8, 4) is 0 Å². The minimum Gasteiger partial charge on any atom is -0.588 e. The van der Waals surface area contributed by atoms with E-state index in [1.54, 1.807) is 11.0 Å². The van der Waals surface area contributed by atoms with Crippen LogP contribution in [0.4, 0.5) is 5.88 Å². The Balaban J connectivity index is 2.09. The lowest BCUT2D eigenvalue weighted by atomic mass is 10.00. The van der Waals surface area contributed by atoms with Gasteiger partial charge in [0.05, 0.1) is 17.2 Å². The van der Waals surface area contributed by atoms with E-state index in [1.165, 1.54) is 0 Å². The summed E-state index contributed by atoms with van der Waals surface area (Å²) in [6.45, 7) is 15.2. The van der Waals surface area contributed by atoms with E-state index in [0.29, 0.717) is 6.04 Å². The molecule has 0 N–H and O–H groups in total. The number of carbonyl (C=O) groups is 1. The molecule has 7 nitrogen and oxygen atoms in total. The largest absolute Gasteiger partial charge is 0.588 e. The Kier molecular flexibility index (Phi) is 4.75. The third-order valence-corrected chi connectivity index (χ3v) is 4.02. The monoisotopic (exact) mass is 309 g/mol. The zero-order valence-electron chi connectivity index (χ0n) is 14.4. The lowest BCUT2D eigenvalue weighted by molar-refractivity contribution is -0.766. The standard InChI is InChI=1S/C15H27N5O2/c1-11(2)14(21)16-13-9-20(17-22-13)19-8-7-18(12(3)4)10-15(19,5)6/h9,11-12H,7-8,10H2,1-6H3. The Morgan fingerprint density at radius 3 is 2.59 bits per heavy atom. The highest BCUT2D eigenvalue weighted by molar-refractivity contribution is 5.96. The molecule has 0 atom stereocenters. The summed E-state index contributed by atoms with van der Waals surface area (Å²) in [5, 5.41) is 10.1. The quantitative estimate of drug-likeness (QED) is 0.790. The van der Waals surface area contributed by atoms with Crippen molar-refractivity contribution >= 4 is 11.8 Å². The van der Waals surface area contributed by atoms with Gasteiger partial charge in [-0.15, -0.1) is 5.01 Å². The Morgan fingerprint density at radius 1 is 1.36 bits per heavy atom.